The predicted octanol–water partition coefficient (Wildman–Crippen LogP) is 4.97. The molecule has 1 aliphatic heterocycles. The Balaban J connectivity index is 1.57. The van der Waals surface area contributed by atoms with Crippen LogP contribution in [0.15, 0.2) is 81.8 Å². The van der Waals surface area contributed by atoms with Crippen LogP contribution < -0.4 is 4.74 Å². The van der Waals surface area contributed by atoms with Gasteiger partial charge in [-0.3, -0.25) is 14.5 Å². The van der Waals surface area contributed by atoms with E-state index in [4.69, 9.17) is 13.9 Å². The van der Waals surface area contributed by atoms with E-state index in [0.717, 1.165) is 16.0 Å². The highest BCUT2D eigenvalue weighted by atomic mass is 16.5. The maximum Gasteiger partial charge on any atom is 0.338 e. The molecule has 192 valence electrons. The van der Waals surface area contributed by atoms with Crippen molar-refractivity contribution in [1.29, 1.82) is 5.26 Å². The second-order valence-electron chi connectivity index (χ2n) is 8.53. The fraction of sp³-hybridized carbons (Fsp3) is 0.200. The molecule has 2 aromatic carbocycles. The first-order valence-corrected chi connectivity index (χ1v) is 12.1. The second-order valence-corrected chi connectivity index (χ2v) is 8.53. The number of furan rings is 1. The smallest absolute Gasteiger partial charge is 0.338 e. The van der Waals surface area contributed by atoms with E-state index in [9.17, 15) is 19.6 Å². The lowest BCUT2D eigenvalue weighted by molar-refractivity contribution is -0.140. The second kappa shape index (κ2) is 11.4. The predicted molar refractivity (Wildman–Crippen MR) is 140 cm³/mol. The van der Waals surface area contributed by atoms with Gasteiger partial charge in [-0.15, -0.1) is 0 Å². The lowest BCUT2D eigenvalue weighted by Crippen LogP contribution is -2.43. The third-order valence-electron chi connectivity index (χ3n) is 6.20. The number of amides is 2. The quantitative estimate of drug-likeness (QED) is 0.239. The molecule has 8 nitrogen and oxygen atoms in total. The Morgan fingerprint density at radius 1 is 1.03 bits per heavy atom. The molecule has 1 aliphatic rings. The molecule has 0 N–H and O–H groups in total. The molecule has 0 spiro atoms. The standard InChI is InChI=1S/C30H26N2O6/c1-4-37-30(35)22-9-7-21(8-10-22)27-14-13-24(38-27)17-25-19(2)26(18-31)29(34)32(28(25)33)16-15-20-5-11-23(36-3)12-6-20/h5-14,17H,4,15-16H2,1-3H3/b25-17+. The summed E-state index contributed by atoms with van der Waals surface area (Å²) in [6, 6.07) is 19.5. The number of ether oxygens (including phenoxy) is 2. The Bertz CT molecular complexity index is 1470. The number of rotatable bonds is 8. The van der Waals surface area contributed by atoms with Gasteiger partial charge in [-0.2, -0.15) is 5.26 Å². The molecule has 0 unspecified atom stereocenters. The average molecular weight is 511 g/mol. The van der Waals surface area contributed by atoms with E-state index >= 15 is 0 Å². The highest BCUT2D eigenvalue weighted by Crippen LogP contribution is 2.29. The van der Waals surface area contributed by atoms with E-state index in [2.05, 4.69) is 0 Å². The Morgan fingerprint density at radius 3 is 2.37 bits per heavy atom. The molecule has 0 bridgehead atoms. The van der Waals surface area contributed by atoms with Crippen LogP contribution >= 0.6 is 0 Å². The number of carbonyl (C=O) groups excluding carboxylic acids is 3. The van der Waals surface area contributed by atoms with E-state index in [0.29, 0.717) is 41.4 Å². The summed E-state index contributed by atoms with van der Waals surface area (Å²) >= 11 is 0. The summed E-state index contributed by atoms with van der Waals surface area (Å²) in [4.78, 5) is 39.3. The molecule has 2 amide bonds. The van der Waals surface area contributed by atoms with E-state index in [-0.39, 0.29) is 17.7 Å². The van der Waals surface area contributed by atoms with E-state index in [1.807, 2.05) is 30.3 Å². The molecule has 1 aromatic heterocycles. The number of imide groups is 1. The normalized spacial score (nSPS) is 14.6. The summed E-state index contributed by atoms with van der Waals surface area (Å²) < 4.78 is 16.1. The van der Waals surface area contributed by atoms with Crippen molar-refractivity contribution in [1.82, 2.24) is 4.90 Å². The minimum absolute atomic E-state index is 0.0769. The molecule has 3 aromatic rings. The van der Waals surface area contributed by atoms with Crippen LogP contribution in [0.1, 0.15) is 35.5 Å². The first-order valence-electron chi connectivity index (χ1n) is 12.1. The number of carbonyl (C=O) groups is 3. The minimum atomic E-state index is -0.609. The van der Waals surface area contributed by atoms with Crippen LogP contribution in [-0.2, 0) is 20.7 Å². The monoisotopic (exact) mass is 510 g/mol. The minimum Gasteiger partial charge on any atom is -0.497 e. The Hall–Kier alpha value is -4.90. The zero-order valence-corrected chi connectivity index (χ0v) is 21.3. The van der Waals surface area contributed by atoms with Crippen LogP contribution in [0.4, 0.5) is 0 Å². The van der Waals surface area contributed by atoms with Crippen LogP contribution in [0.2, 0.25) is 0 Å². The zero-order valence-electron chi connectivity index (χ0n) is 21.3. The number of methoxy groups -OCH3 is 1. The lowest BCUT2D eigenvalue weighted by Gasteiger charge is -2.27. The number of benzene rings is 2. The van der Waals surface area contributed by atoms with Crippen molar-refractivity contribution in [2.24, 2.45) is 0 Å². The largest absolute Gasteiger partial charge is 0.497 e. The summed E-state index contributed by atoms with van der Waals surface area (Å²) in [6.45, 7) is 3.74. The topological polar surface area (TPSA) is 110 Å². The van der Waals surface area contributed by atoms with Gasteiger partial charge < -0.3 is 13.9 Å². The van der Waals surface area contributed by atoms with Crippen LogP contribution in [0.3, 0.4) is 0 Å². The molecule has 0 saturated heterocycles. The molecule has 0 saturated carbocycles. The average Bonchev–Trinajstić information content (AvgIpc) is 3.40. The van der Waals surface area contributed by atoms with Gasteiger partial charge in [0.15, 0.2) is 0 Å². The highest BCUT2D eigenvalue weighted by molar-refractivity contribution is 6.19. The SMILES string of the molecule is CCOC(=O)c1ccc(-c2ccc(/C=C3/C(=O)N(CCc4ccc(OC)cc4)C(=O)C(C#N)=C3C)o2)cc1. The van der Waals surface area contributed by atoms with Crippen molar-refractivity contribution in [2.45, 2.75) is 20.3 Å². The molecular formula is C30H26N2O6. The van der Waals surface area contributed by atoms with Gasteiger partial charge in [-0.1, -0.05) is 24.3 Å². The van der Waals surface area contributed by atoms with Crippen molar-refractivity contribution in [2.75, 3.05) is 20.3 Å². The van der Waals surface area contributed by atoms with Crippen molar-refractivity contribution >= 4 is 23.9 Å². The van der Waals surface area contributed by atoms with Crippen molar-refractivity contribution in [3.8, 4) is 23.1 Å². The fourth-order valence-electron chi connectivity index (χ4n) is 4.08. The molecule has 4 rings (SSSR count). The van der Waals surface area contributed by atoms with Crippen LogP contribution in [0.5, 0.6) is 5.75 Å². The van der Waals surface area contributed by atoms with Crippen molar-refractivity contribution < 1.29 is 28.3 Å². The Morgan fingerprint density at radius 2 is 1.74 bits per heavy atom. The van der Waals surface area contributed by atoms with Crippen molar-refractivity contribution in [3.63, 3.8) is 0 Å². The molecule has 0 atom stereocenters. The molecule has 8 heteroatoms. The van der Waals surface area contributed by atoms with E-state index in [1.165, 1.54) is 6.08 Å². The van der Waals surface area contributed by atoms with E-state index < -0.39 is 17.8 Å². The van der Waals surface area contributed by atoms with Gasteiger partial charge in [0.25, 0.3) is 11.8 Å². The van der Waals surface area contributed by atoms with E-state index in [1.54, 1.807) is 57.4 Å². The first-order chi connectivity index (χ1) is 18.4. The molecule has 2 heterocycles. The maximum atomic E-state index is 13.4. The Kier molecular flexibility index (Phi) is 7.88. The third kappa shape index (κ3) is 5.42. The number of nitrogens with zero attached hydrogens (tertiary/aromatic N) is 2. The lowest BCUT2D eigenvalue weighted by atomic mass is 9.94. The van der Waals surface area contributed by atoms with Crippen LogP contribution in [0, 0.1) is 11.3 Å². The van der Waals surface area contributed by atoms with Gasteiger partial charge in [0.2, 0.25) is 0 Å². The fourth-order valence-corrected chi connectivity index (χ4v) is 4.08. The van der Waals surface area contributed by atoms with Gasteiger partial charge in [0.05, 0.1) is 19.3 Å². The molecule has 38 heavy (non-hydrogen) atoms. The first kappa shape index (κ1) is 26.2. The number of nitriles is 1. The van der Waals surface area contributed by atoms with Gasteiger partial charge in [-0.05, 0) is 73.9 Å². The molecular weight excluding hydrogens is 484 g/mol. The number of esters is 1. The highest BCUT2D eigenvalue weighted by Gasteiger charge is 2.35. The molecule has 0 fully saturated rings. The van der Waals surface area contributed by atoms with Gasteiger partial charge >= 0.3 is 5.97 Å². The Labute approximate surface area is 220 Å². The summed E-state index contributed by atoms with van der Waals surface area (Å²) in [5.41, 5.74) is 2.54. The summed E-state index contributed by atoms with van der Waals surface area (Å²) in [6.07, 6.45) is 1.97. The van der Waals surface area contributed by atoms with Gasteiger partial charge in [0, 0.05) is 17.7 Å². The maximum absolute atomic E-state index is 13.4. The number of hydrogen-bond acceptors (Lipinski definition) is 7. The zero-order chi connectivity index (χ0) is 27.2. The van der Waals surface area contributed by atoms with Gasteiger partial charge in [-0.25, -0.2) is 4.79 Å². The molecule has 0 aliphatic carbocycles. The molecule has 0 radical (unpaired) electrons. The summed E-state index contributed by atoms with van der Waals surface area (Å²) in [5, 5.41) is 9.65. The summed E-state index contributed by atoms with van der Waals surface area (Å²) in [7, 11) is 1.58. The van der Waals surface area contributed by atoms with Crippen molar-refractivity contribution in [3.05, 3.63) is 94.3 Å². The van der Waals surface area contributed by atoms with Crippen LogP contribution in [0.25, 0.3) is 17.4 Å². The van der Waals surface area contributed by atoms with Gasteiger partial charge in [0.1, 0.15) is 28.9 Å². The number of hydrogen-bond donors (Lipinski definition) is 0. The third-order valence-corrected chi connectivity index (χ3v) is 6.20. The summed E-state index contributed by atoms with van der Waals surface area (Å²) in [5.74, 6) is 0.131. The van der Waals surface area contributed by atoms with Crippen LogP contribution in [-0.4, -0.2) is 42.9 Å².